The van der Waals surface area contributed by atoms with Crippen molar-refractivity contribution in [2.75, 3.05) is 0 Å². The maximum absolute atomic E-state index is 4.67. The molecule has 122 valence electrons. The molecule has 1 nitrogen and oxygen atoms in total. The van der Waals surface area contributed by atoms with E-state index in [-0.39, 0.29) is 0 Å². The minimum atomic E-state index is 0.903. The normalized spacial score (nSPS) is 16.7. The van der Waals surface area contributed by atoms with Crippen LogP contribution in [-0.2, 0) is 12.8 Å². The minimum absolute atomic E-state index is 0.903. The van der Waals surface area contributed by atoms with Gasteiger partial charge in [-0.05, 0) is 64.4 Å². The Morgan fingerprint density at radius 1 is 0.760 bits per heavy atom. The predicted octanol–water partition coefficient (Wildman–Crippen LogP) is 6.24. The molecule has 0 unspecified atom stereocenters. The van der Waals surface area contributed by atoms with Gasteiger partial charge in [0.15, 0.2) is 0 Å². The fourth-order valence-electron chi connectivity index (χ4n) is 4.30. The van der Waals surface area contributed by atoms with E-state index in [1.54, 1.807) is 11.1 Å². The van der Waals surface area contributed by atoms with Gasteiger partial charge in [-0.3, -0.25) is 4.99 Å². The van der Waals surface area contributed by atoms with Gasteiger partial charge in [0.05, 0.1) is 5.70 Å². The molecule has 0 radical (unpaired) electrons. The van der Waals surface area contributed by atoms with E-state index in [4.69, 9.17) is 0 Å². The average molecular weight is 323 g/mol. The van der Waals surface area contributed by atoms with Gasteiger partial charge < -0.3 is 0 Å². The fraction of sp³-hybridized carbons (Fsp3) is 0.208. The second-order valence-corrected chi connectivity index (χ2v) is 7.00. The summed E-state index contributed by atoms with van der Waals surface area (Å²) in [5.41, 5.74) is 5.40. The van der Waals surface area contributed by atoms with Crippen molar-refractivity contribution in [3.05, 3.63) is 77.4 Å². The first-order valence-electron chi connectivity index (χ1n) is 9.28. The Hall–Kier alpha value is -2.67. The van der Waals surface area contributed by atoms with Gasteiger partial charge in [-0.1, -0.05) is 54.6 Å². The Labute approximate surface area is 148 Å². The van der Waals surface area contributed by atoms with E-state index in [0.29, 0.717) is 0 Å². The summed E-state index contributed by atoms with van der Waals surface area (Å²) in [4.78, 5) is 4.67. The van der Waals surface area contributed by atoms with Gasteiger partial charge in [0.25, 0.3) is 0 Å². The summed E-state index contributed by atoms with van der Waals surface area (Å²) < 4.78 is 0. The molecule has 0 aromatic heterocycles. The number of rotatable bonds is 1. The topological polar surface area (TPSA) is 12.4 Å². The molecule has 0 spiro atoms. The van der Waals surface area contributed by atoms with Crippen LogP contribution in [0.3, 0.4) is 0 Å². The van der Waals surface area contributed by atoms with E-state index in [9.17, 15) is 0 Å². The second kappa shape index (κ2) is 6.00. The van der Waals surface area contributed by atoms with Crippen LogP contribution in [0.15, 0.2) is 65.7 Å². The minimum Gasteiger partial charge on any atom is -0.260 e. The largest absolute Gasteiger partial charge is 0.260 e. The lowest BCUT2D eigenvalue weighted by molar-refractivity contribution is 0.690. The van der Waals surface area contributed by atoms with Crippen molar-refractivity contribution in [1.82, 2.24) is 0 Å². The fourth-order valence-corrected chi connectivity index (χ4v) is 4.30. The Bertz CT molecular complexity index is 1070. The maximum Gasteiger partial charge on any atom is 0.0704 e. The summed E-state index contributed by atoms with van der Waals surface area (Å²) in [5.74, 6) is 0. The van der Waals surface area contributed by atoms with Crippen molar-refractivity contribution in [3.8, 4) is 0 Å². The maximum atomic E-state index is 4.67. The summed E-state index contributed by atoms with van der Waals surface area (Å²) >= 11 is 0. The molecule has 2 aliphatic rings. The number of benzene rings is 3. The van der Waals surface area contributed by atoms with Crippen LogP contribution in [0.5, 0.6) is 0 Å². The van der Waals surface area contributed by atoms with Crippen LogP contribution in [0.1, 0.15) is 36.0 Å². The van der Waals surface area contributed by atoms with Crippen LogP contribution in [0.25, 0.3) is 27.2 Å². The zero-order valence-corrected chi connectivity index (χ0v) is 14.3. The number of hydrogen-bond acceptors (Lipinski definition) is 1. The number of allylic oxidation sites excluding steroid dienone is 3. The molecule has 1 aliphatic carbocycles. The molecule has 3 aromatic rings. The van der Waals surface area contributed by atoms with Crippen molar-refractivity contribution in [1.29, 1.82) is 0 Å². The molecule has 5 rings (SSSR count). The Kier molecular flexibility index (Phi) is 3.52. The summed E-state index contributed by atoms with van der Waals surface area (Å²) in [6, 6.07) is 15.9. The lowest BCUT2D eigenvalue weighted by Crippen LogP contribution is -2.03. The molecular weight excluding hydrogens is 302 g/mol. The number of aliphatic imine (C=N–C) groups is 1. The number of fused-ring (bicyclic) bond motifs is 5. The van der Waals surface area contributed by atoms with Crippen LogP contribution >= 0.6 is 0 Å². The van der Waals surface area contributed by atoms with Crippen molar-refractivity contribution in [2.45, 2.75) is 32.1 Å². The molecule has 25 heavy (non-hydrogen) atoms. The standard InChI is InChI=1S/C24H21N/c1-2-11-24(25-16-5-1)23-10-6-9-19-21-13-12-17-7-3-4-8-18(17)20(21)14-15-22(19)23/h1-2,6,9-16H,3-5,7-8H2. The number of hydrogen-bond donors (Lipinski definition) is 0. The van der Waals surface area contributed by atoms with Crippen molar-refractivity contribution in [2.24, 2.45) is 4.99 Å². The molecule has 1 aliphatic heterocycles. The summed E-state index contributed by atoms with van der Waals surface area (Å²) in [6.45, 7) is 0. The molecular formula is C24H21N. The Morgan fingerprint density at radius 3 is 2.60 bits per heavy atom. The highest BCUT2D eigenvalue weighted by Crippen LogP contribution is 2.36. The predicted molar refractivity (Wildman–Crippen MR) is 108 cm³/mol. The van der Waals surface area contributed by atoms with E-state index in [1.165, 1.54) is 52.8 Å². The van der Waals surface area contributed by atoms with Crippen LogP contribution in [-0.4, -0.2) is 6.21 Å². The van der Waals surface area contributed by atoms with Gasteiger partial charge in [-0.2, -0.15) is 0 Å². The number of aryl methyl sites for hydroxylation is 2. The van der Waals surface area contributed by atoms with Gasteiger partial charge in [0.2, 0.25) is 0 Å². The van der Waals surface area contributed by atoms with Crippen molar-refractivity contribution >= 4 is 33.5 Å². The van der Waals surface area contributed by atoms with E-state index < -0.39 is 0 Å². The zero-order chi connectivity index (χ0) is 16.6. The Balaban J connectivity index is 1.79. The third-order valence-corrected chi connectivity index (χ3v) is 5.53. The lowest BCUT2D eigenvalue weighted by atomic mass is 9.86. The van der Waals surface area contributed by atoms with E-state index in [0.717, 1.165) is 12.1 Å². The monoisotopic (exact) mass is 323 g/mol. The average Bonchev–Trinajstić information content (AvgIpc) is 2.96. The first-order chi connectivity index (χ1) is 12.4. The third kappa shape index (κ3) is 2.42. The highest BCUT2D eigenvalue weighted by Gasteiger charge is 2.15. The van der Waals surface area contributed by atoms with Gasteiger partial charge in [-0.15, -0.1) is 0 Å². The van der Waals surface area contributed by atoms with Crippen molar-refractivity contribution < 1.29 is 0 Å². The summed E-state index contributed by atoms with van der Waals surface area (Å²) in [7, 11) is 0. The number of nitrogens with zero attached hydrogens (tertiary/aromatic N) is 1. The van der Waals surface area contributed by atoms with Gasteiger partial charge in [-0.25, -0.2) is 0 Å². The van der Waals surface area contributed by atoms with Gasteiger partial charge in [0, 0.05) is 18.2 Å². The molecule has 0 saturated carbocycles. The van der Waals surface area contributed by atoms with Crippen LogP contribution in [0.2, 0.25) is 0 Å². The van der Waals surface area contributed by atoms with Crippen LogP contribution in [0, 0.1) is 0 Å². The highest BCUT2D eigenvalue weighted by molar-refractivity contribution is 6.11. The smallest absolute Gasteiger partial charge is 0.0704 e. The van der Waals surface area contributed by atoms with Gasteiger partial charge in [0.1, 0.15) is 0 Å². The lowest BCUT2D eigenvalue weighted by Gasteiger charge is -2.19. The molecule has 1 heterocycles. The molecule has 0 amide bonds. The summed E-state index contributed by atoms with van der Waals surface area (Å²) in [6.07, 6.45) is 14.4. The molecule has 0 fully saturated rings. The molecule has 3 aromatic carbocycles. The second-order valence-electron chi connectivity index (χ2n) is 7.00. The molecule has 0 bridgehead atoms. The van der Waals surface area contributed by atoms with Crippen LogP contribution < -0.4 is 0 Å². The first-order valence-corrected chi connectivity index (χ1v) is 9.28. The highest BCUT2D eigenvalue weighted by atomic mass is 14.7. The van der Waals surface area contributed by atoms with Crippen molar-refractivity contribution in [3.63, 3.8) is 0 Å². The summed E-state index contributed by atoms with van der Waals surface area (Å²) in [5, 5.41) is 5.46. The van der Waals surface area contributed by atoms with E-state index in [1.807, 2.05) is 6.21 Å². The molecule has 0 N–H and O–H groups in total. The quantitative estimate of drug-likeness (QED) is 0.470. The third-order valence-electron chi connectivity index (χ3n) is 5.53. The Morgan fingerprint density at radius 2 is 1.60 bits per heavy atom. The molecule has 0 atom stereocenters. The van der Waals surface area contributed by atoms with Gasteiger partial charge >= 0.3 is 0 Å². The van der Waals surface area contributed by atoms with Crippen LogP contribution in [0.4, 0.5) is 0 Å². The van der Waals surface area contributed by atoms with E-state index >= 15 is 0 Å². The molecule has 1 heteroatoms. The molecule has 0 saturated heterocycles. The SMILES string of the molecule is C1=CCC=NC(c2cccc3c2ccc2c4c(ccc23)CCCC4)=C1. The zero-order valence-electron chi connectivity index (χ0n) is 14.3. The van der Waals surface area contributed by atoms with E-state index in [2.05, 4.69) is 65.7 Å². The first kappa shape index (κ1) is 14.7.